The zero-order valence-corrected chi connectivity index (χ0v) is 15.1. The fraction of sp³-hybridized carbons (Fsp3) is 0.429. The monoisotopic (exact) mass is 370 g/mol. The molecule has 1 aromatic carbocycles. The Bertz CT molecular complexity index is 793. The predicted octanol–water partition coefficient (Wildman–Crippen LogP) is 2.60. The number of likely N-dealkylation sites (tertiary alicyclic amines) is 1. The molecule has 0 saturated carbocycles. The molecule has 6 heteroatoms. The fourth-order valence-electron chi connectivity index (χ4n) is 3.88. The highest BCUT2D eigenvalue weighted by atomic mass is 19.1. The van der Waals surface area contributed by atoms with E-state index >= 15 is 0 Å². The van der Waals surface area contributed by atoms with E-state index in [1.54, 1.807) is 29.4 Å². The van der Waals surface area contributed by atoms with E-state index in [4.69, 9.17) is 9.47 Å². The molecule has 4 rings (SSSR count). The molecule has 3 heterocycles. The van der Waals surface area contributed by atoms with Gasteiger partial charge in [-0.2, -0.15) is 0 Å². The number of carbonyl (C=O) groups excluding carboxylic acids is 1. The van der Waals surface area contributed by atoms with Crippen molar-refractivity contribution in [2.45, 2.75) is 25.0 Å². The number of ether oxygens (including phenoxy) is 2. The van der Waals surface area contributed by atoms with Crippen LogP contribution in [0.25, 0.3) is 0 Å². The smallest absolute Gasteiger partial charge is 0.227 e. The summed E-state index contributed by atoms with van der Waals surface area (Å²) in [5.74, 6) is -0.0190. The van der Waals surface area contributed by atoms with Crippen LogP contribution in [0.4, 0.5) is 4.39 Å². The number of pyridine rings is 1. The molecule has 5 nitrogen and oxygen atoms in total. The number of benzene rings is 1. The summed E-state index contributed by atoms with van der Waals surface area (Å²) in [7, 11) is 0. The number of hydrogen-bond donors (Lipinski definition) is 0. The van der Waals surface area contributed by atoms with Crippen LogP contribution in [0.15, 0.2) is 48.8 Å². The van der Waals surface area contributed by atoms with Crippen molar-refractivity contribution in [3.05, 3.63) is 65.7 Å². The van der Waals surface area contributed by atoms with E-state index in [2.05, 4.69) is 4.98 Å². The number of halogens is 1. The van der Waals surface area contributed by atoms with Gasteiger partial charge in [-0.3, -0.25) is 9.78 Å². The molecule has 1 unspecified atom stereocenters. The first-order valence-corrected chi connectivity index (χ1v) is 9.27. The molecule has 0 bridgehead atoms. The summed E-state index contributed by atoms with van der Waals surface area (Å²) in [6.45, 7) is 3.01. The van der Waals surface area contributed by atoms with Gasteiger partial charge in [0, 0.05) is 24.9 Å². The lowest BCUT2D eigenvalue weighted by molar-refractivity contribution is -0.168. The Morgan fingerprint density at radius 3 is 2.93 bits per heavy atom. The lowest BCUT2D eigenvalue weighted by atomic mass is 9.81. The van der Waals surface area contributed by atoms with Crippen molar-refractivity contribution >= 4 is 5.91 Å². The van der Waals surface area contributed by atoms with E-state index in [1.165, 1.54) is 12.1 Å². The second kappa shape index (κ2) is 7.74. The zero-order valence-electron chi connectivity index (χ0n) is 15.1. The Morgan fingerprint density at radius 1 is 1.30 bits per heavy atom. The summed E-state index contributed by atoms with van der Waals surface area (Å²) < 4.78 is 25.2. The number of amides is 1. The van der Waals surface area contributed by atoms with Crippen LogP contribution in [-0.2, 0) is 27.3 Å². The van der Waals surface area contributed by atoms with E-state index in [1.807, 2.05) is 12.1 Å². The van der Waals surface area contributed by atoms with Gasteiger partial charge in [0.15, 0.2) is 0 Å². The first-order chi connectivity index (χ1) is 13.1. The van der Waals surface area contributed by atoms with Crippen LogP contribution in [-0.4, -0.2) is 47.7 Å². The van der Waals surface area contributed by atoms with Crippen LogP contribution in [0.2, 0.25) is 0 Å². The van der Waals surface area contributed by atoms with Crippen LogP contribution < -0.4 is 0 Å². The Balaban J connectivity index is 1.27. The third kappa shape index (κ3) is 4.01. The third-order valence-electron chi connectivity index (χ3n) is 5.42. The highest BCUT2D eigenvalue weighted by molar-refractivity contribution is 5.80. The molecule has 2 fully saturated rings. The normalized spacial score (nSPS) is 20.6. The largest absolute Gasteiger partial charge is 0.376 e. The number of aromatic nitrogens is 1. The molecule has 0 N–H and O–H groups in total. The van der Waals surface area contributed by atoms with Gasteiger partial charge in [-0.25, -0.2) is 4.39 Å². The van der Waals surface area contributed by atoms with Gasteiger partial charge in [-0.15, -0.1) is 0 Å². The second-order valence-corrected chi connectivity index (χ2v) is 7.33. The Morgan fingerprint density at radius 2 is 2.15 bits per heavy atom. The van der Waals surface area contributed by atoms with E-state index in [9.17, 15) is 9.18 Å². The van der Waals surface area contributed by atoms with Gasteiger partial charge in [-0.05, 0) is 35.7 Å². The van der Waals surface area contributed by atoms with Gasteiger partial charge in [0.1, 0.15) is 11.4 Å². The number of nitrogens with zero attached hydrogens (tertiary/aromatic N) is 2. The topological polar surface area (TPSA) is 51.7 Å². The van der Waals surface area contributed by atoms with Crippen LogP contribution in [0, 0.1) is 11.7 Å². The lowest BCUT2D eigenvalue weighted by Crippen LogP contribution is -2.66. The van der Waals surface area contributed by atoms with Crippen LogP contribution in [0.5, 0.6) is 0 Å². The first-order valence-electron chi connectivity index (χ1n) is 9.27. The average Bonchev–Trinajstić information content (AvgIpc) is 3.05. The average molecular weight is 370 g/mol. The quantitative estimate of drug-likeness (QED) is 0.784. The molecule has 2 aliphatic rings. The molecule has 2 aliphatic heterocycles. The minimum absolute atomic E-state index is 0.0109. The summed E-state index contributed by atoms with van der Waals surface area (Å²) in [4.78, 5) is 18.3. The predicted molar refractivity (Wildman–Crippen MR) is 97.4 cm³/mol. The van der Waals surface area contributed by atoms with Gasteiger partial charge >= 0.3 is 0 Å². The van der Waals surface area contributed by atoms with Crippen molar-refractivity contribution in [3.63, 3.8) is 0 Å². The van der Waals surface area contributed by atoms with Crippen molar-refractivity contribution in [2.24, 2.45) is 5.92 Å². The highest BCUT2D eigenvalue weighted by Gasteiger charge is 2.54. The van der Waals surface area contributed by atoms with Crippen molar-refractivity contribution in [1.82, 2.24) is 9.88 Å². The number of rotatable bonds is 6. The third-order valence-corrected chi connectivity index (χ3v) is 5.42. The van der Waals surface area contributed by atoms with Gasteiger partial charge in [0.05, 0.1) is 32.7 Å². The Hall–Kier alpha value is -2.31. The van der Waals surface area contributed by atoms with Gasteiger partial charge in [0.25, 0.3) is 0 Å². The molecule has 1 aromatic heterocycles. The van der Waals surface area contributed by atoms with Crippen LogP contribution in [0.3, 0.4) is 0 Å². The number of carbonyl (C=O) groups is 1. The fourth-order valence-corrected chi connectivity index (χ4v) is 3.88. The number of hydrogen-bond acceptors (Lipinski definition) is 4. The molecule has 2 saturated heterocycles. The molecule has 2 aromatic rings. The summed E-state index contributed by atoms with van der Waals surface area (Å²) in [6.07, 6.45) is 4.71. The standard InChI is InChI=1S/C21H23FN2O3/c22-19-5-1-3-16(9-19)10-20(25)24-14-21(15-24)18(6-8-27-21)13-26-12-17-4-2-7-23-11-17/h1-5,7,9,11,18H,6,8,10,12-15H2. The summed E-state index contributed by atoms with van der Waals surface area (Å²) in [5, 5.41) is 0. The zero-order chi connectivity index (χ0) is 18.7. The van der Waals surface area contributed by atoms with Crippen LogP contribution in [0.1, 0.15) is 17.5 Å². The molecular weight excluding hydrogens is 347 g/mol. The van der Waals surface area contributed by atoms with E-state index in [0.29, 0.717) is 38.5 Å². The second-order valence-electron chi connectivity index (χ2n) is 7.33. The first kappa shape index (κ1) is 18.1. The minimum Gasteiger partial charge on any atom is -0.376 e. The summed E-state index contributed by atoms with van der Waals surface area (Å²) >= 11 is 0. The molecule has 27 heavy (non-hydrogen) atoms. The maximum absolute atomic E-state index is 13.3. The van der Waals surface area contributed by atoms with E-state index in [0.717, 1.165) is 12.0 Å². The SMILES string of the molecule is O=C(Cc1cccc(F)c1)N1CC2(C1)OCCC2COCc1cccnc1. The molecule has 0 aliphatic carbocycles. The maximum atomic E-state index is 13.3. The van der Waals surface area contributed by atoms with Crippen molar-refractivity contribution in [3.8, 4) is 0 Å². The van der Waals surface area contributed by atoms with E-state index in [-0.39, 0.29) is 29.7 Å². The van der Waals surface area contributed by atoms with Gasteiger partial charge in [-0.1, -0.05) is 18.2 Å². The molecule has 1 atom stereocenters. The summed E-state index contributed by atoms with van der Waals surface area (Å²) in [6, 6.07) is 10.1. The molecule has 1 spiro atoms. The van der Waals surface area contributed by atoms with E-state index < -0.39 is 0 Å². The minimum atomic E-state index is -0.315. The van der Waals surface area contributed by atoms with Gasteiger partial charge in [0.2, 0.25) is 5.91 Å². The van der Waals surface area contributed by atoms with Crippen molar-refractivity contribution in [1.29, 1.82) is 0 Å². The Kier molecular flexibility index (Phi) is 5.18. The van der Waals surface area contributed by atoms with Gasteiger partial charge < -0.3 is 14.4 Å². The molecule has 1 amide bonds. The molecule has 0 radical (unpaired) electrons. The maximum Gasteiger partial charge on any atom is 0.227 e. The highest BCUT2D eigenvalue weighted by Crippen LogP contribution is 2.40. The Labute approximate surface area is 158 Å². The molecule has 142 valence electrons. The van der Waals surface area contributed by atoms with Crippen molar-refractivity contribution < 1.29 is 18.7 Å². The van der Waals surface area contributed by atoms with Crippen molar-refractivity contribution in [2.75, 3.05) is 26.3 Å². The van der Waals surface area contributed by atoms with Crippen LogP contribution >= 0.6 is 0 Å². The lowest BCUT2D eigenvalue weighted by Gasteiger charge is -2.50. The summed E-state index contributed by atoms with van der Waals surface area (Å²) in [5.41, 5.74) is 1.46. The molecular formula is C21H23FN2O3.